The molecule has 1 atom stereocenters. The maximum absolute atomic E-state index is 12.1. The van der Waals surface area contributed by atoms with Gasteiger partial charge in [-0.05, 0) is 29.1 Å². The number of rotatable bonds is 6. The molecule has 1 aliphatic heterocycles. The highest BCUT2D eigenvalue weighted by molar-refractivity contribution is 7.18. The lowest BCUT2D eigenvalue weighted by Crippen LogP contribution is -2.34. The van der Waals surface area contributed by atoms with Crippen molar-refractivity contribution in [3.8, 4) is 0 Å². The van der Waals surface area contributed by atoms with E-state index in [1.54, 1.807) is 19.2 Å². The number of ether oxygens (including phenoxy) is 1. The van der Waals surface area contributed by atoms with Crippen LogP contribution in [-0.4, -0.2) is 49.2 Å². The fraction of sp³-hybridized carbons (Fsp3) is 0.312. The van der Waals surface area contributed by atoms with Crippen LogP contribution in [0.2, 0.25) is 4.34 Å². The number of hydrogen-bond donors (Lipinski definition) is 2. The molecule has 0 aliphatic carbocycles. The van der Waals surface area contributed by atoms with Crippen molar-refractivity contribution >= 4 is 57.3 Å². The van der Waals surface area contributed by atoms with Crippen molar-refractivity contribution in [2.45, 2.75) is 12.6 Å². The third kappa shape index (κ3) is 4.71. The van der Waals surface area contributed by atoms with Gasteiger partial charge in [-0.3, -0.25) is 9.69 Å². The number of thiophene rings is 2. The molecular formula is C16H17ClN4O4S2. The Kier molecular flexibility index (Phi) is 5.88. The minimum Gasteiger partial charge on any atom is -0.442 e. The first-order valence-corrected chi connectivity index (χ1v) is 10.0. The number of nitrogens with one attached hydrogen (secondary N) is 1. The van der Waals surface area contributed by atoms with Crippen LogP contribution in [-0.2, 0) is 11.3 Å². The monoisotopic (exact) mass is 428 g/mol. The van der Waals surface area contributed by atoms with Gasteiger partial charge in [0.1, 0.15) is 11.1 Å². The smallest absolute Gasteiger partial charge is 0.415 e. The van der Waals surface area contributed by atoms with Crippen molar-refractivity contribution in [2.24, 2.45) is 5.73 Å². The highest BCUT2D eigenvalue weighted by Crippen LogP contribution is 2.29. The molecule has 27 heavy (non-hydrogen) atoms. The lowest BCUT2D eigenvalue weighted by atomic mass is 10.3. The van der Waals surface area contributed by atoms with Gasteiger partial charge in [-0.25, -0.2) is 9.59 Å². The molecule has 0 bridgehead atoms. The Hall–Kier alpha value is -2.30. The predicted octanol–water partition coefficient (Wildman–Crippen LogP) is 2.73. The second-order valence-corrected chi connectivity index (χ2v) is 8.52. The number of cyclic esters (lactones) is 1. The summed E-state index contributed by atoms with van der Waals surface area (Å²) >= 11 is 8.39. The summed E-state index contributed by atoms with van der Waals surface area (Å²) in [5, 5.41) is 5.32. The second kappa shape index (κ2) is 8.15. The molecule has 0 spiro atoms. The third-order valence-corrected chi connectivity index (χ3v) is 6.09. The van der Waals surface area contributed by atoms with Gasteiger partial charge in [0.2, 0.25) is 0 Å². The van der Waals surface area contributed by atoms with E-state index in [0.29, 0.717) is 27.3 Å². The number of carbonyl (C=O) groups excluding carboxylic acids is 3. The lowest BCUT2D eigenvalue weighted by Gasteiger charge is -2.13. The molecule has 0 aromatic carbocycles. The van der Waals surface area contributed by atoms with Crippen LogP contribution in [0.4, 0.5) is 14.6 Å². The zero-order valence-corrected chi connectivity index (χ0v) is 16.7. The van der Waals surface area contributed by atoms with Crippen LogP contribution in [0.5, 0.6) is 0 Å². The van der Waals surface area contributed by atoms with E-state index in [1.807, 2.05) is 11.4 Å². The molecule has 2 aromatic heterocycles. The summed E-state index contributed by atoms with van der Waals surface area (Å²) in [6.07, 6.45) is -0.916. The van der Waals surface area contributed by atoms with Gasteiger partial charge in [0.25, 0.3) is 5.91 Å². The van der Waals surface area contributed by atoms with Gasteiger partial charge < -0.3 is 20.7 Å². The minimum atomic E-state index is -0.522. The van der Waals surface area contributed by atoms with Crippen LogP contribution in [0, 0.1) is 0 Å². The third-order valence-electron chi connectivity index (χ3n) is 3.86. The summed E-state index contributed by atoms with van der Waals surface area (Å²) in [5.41, 5.74) is 6.09. The topological polar surface area (TPSA) is 105 Å². The Morgan fingerprint density at radius 3 is 2.93 bits per heavy atom. The molecule has 0 saturated carbocycles. The van der Waals surface area contributed by atoms with Gasteiger partial charge in [0.05, 0.1) is 22.3 Å². The summed E-state index contributed by atoms with van der Waals surface area (Å²) < 4.78 is 5.86. The lowest BCUT2D eigenvalue weighted by molar-refractivity contribution is 0.0920. The van der Waals surface area contributed by atoms with Gasteiger partial charge >= 0.3 is 12.1 Å². The van der Waals surface area contributed by atoms with Crippen LogP contribution in [0.1, 0.15) is 15.2 Å². The average Bonchev–Trinajstić information content (AvgIpc) is 3.33. The minimum absolute atomic E-state index is 0.208. The SMILES string of the molecule is CN(Cc1csc(N2C[C@H](CNC(=O)c3ccc(Cl)s3)OC2=O)c1)C(N)=O. The number of urea groups is 1. The molecule has 3 heterocycles. The van der Waals surface area contributed by atoms with Crippen LogP contribution in [0.3, 0.4) is 0 Å². The first-order chi connectivity index (χ1) is 12.8. The Balaban J connectivity index is 1.55. The molecule has 3 rings (SSSR count). The normalized spacial score (nSPS) is 16.3. The Morgan fingerprint density at radius 1 is 1.48 bits per heavy atom. The summed E-state index contributed by atoms with van der Waals surface area (Å²) in [5.74, 6) is -0.255. The largest absolute Gasteiger partial charge is 0.442 e. The van der Waals surface area contributed by atoms with Gasteiger partial charge in [-0.1, -0.05) is 11.6 Å². The van der Waals surface area contributed by atoms with Crippen LogP contribution >= 0.6 is 34.3 Å². The molecule has 3 N–H and O–H groups in total. The van der Waals surface area contributed by atoms with Crippen molar-refractivity contribution in [1.82, 2.24) is 10.2 Å². The van der Waals surface area contributed by atoms with Crippen molar-refractivity contribution in [2.75, 3.05) is 25.0 Å². The number of hydrogen-bond acceptors (Lipinski definition) is 6. The van der Waals surface area contributed by atoms with Crippen LogP contribution < -0.4 is 16.0 Å². The standard InChI is InChI=1S/C16H17ClN4O4S2/c1-20(15(18)23)6-9-4-13(26-8-9)21-7-10(25-16(21)24)5-19-14(22)11-2-3-12(17)27-11/h2-4,8,10H,5-7H2,1H3,(H2,18,23)(H,19,22)/t10-/m0/s1. The first kappa shape index (κ1) is 19.5. The molecule has 1 saturated heterocycles. The average molecular weight is 429 g/mol. The molecule has 11 heteroatoms. The summed E-state index contributed by atoms with van der Waals surface area (Å²) in [7, 11) is 1.60. The van der Waals surface area contributed by atoms with Crippen molar-refractivity contribution in [1.29, 1.82) is 0 Å². The van der Waals surface area contributed by atoms with Crippen molar-refractivity contribution < 1.29 is 19.1 Å². The number of primary amides is 1. The zero-order chi connectivity index (χ0) is 19.6. The zero-order valence-electron chi connectivity index (χ0n) is 14.3. The van der Waals surface area contributed by atoms with Gasteiger partial charge in [0, 0.05) is 13.6 Å². The number of nitrogens with zero attached hydrogens (tertiary/aromatic N) is 2. The summed E-state index contributed by atoms with van der Waals surface area (Å²) in [4.78, 5) is 38.7. The van der Waals surface area contributed by atoms with Gasteiger partial charge in [0.15, 0.2) is 0 Å². The van der Waals surface area contributed by atoms with Crippen molar-refractivity contribution in [3.05, 3.63) is 38.4 Å². The molecule has 0 unspecified atom stereocenters. The van der Waals surface area contributed by atoms with E-state index >= 15 is 0 Å². The Labute approximate surface area is 168 Å². The number of halogens is 1. The summed E-state index contributed by atoms with van der Waals surface area (Å²) in [6.45, 7) is 0.896. The molecule has 2 aromatic rings. The molecule has 1 fully saturated rings. The summed E-state index contributed by atoms with van der Waals surface area (Å²) in [6, 6.07) is 4.60. The Bertz CT molecular complexity index is 868. The first-order valence-electron chi connectivity index (χ1n) is 7.93. The van der Waals surface area contributed by atoms with Crippen LogP contribution in [0.15, 0.2) is 23.6 Å². The van der Waals surface area contributed by atoms with E-state index in [-0.39, 0.29) is 12.5 Å². The number of anilines is 1. The number of amides is 4. The number of carbonyl (C=O) groups is 3. The quantitative estimate of drug-likeness (QED) is 0.737. The Morgan fingerprint density at radius 2 is 2.26 bits per heavy atom. The van der Waals surface area contributed by atoms with Crippen molar-refractivity contribution in [3.63, 3.8) is 0 Å². The van der Waals surface area contributed by atoms with E-state index in [1.165, 1.54) is 32.5 Å². The van der Waals surface area contributed by atoms with E-state index < -0.39 is 18.2 Å². The van der Waals surface area contributed by atoms with E-state index in [9.17, 15) is 14.4 Å². The maximum Gasteiger partial charge on any atom is 0.415 e. The van der Waals surface area contributed by atoms with E-state index in [2.05, 4.69) is 5.32 Å². The fourth-order valence-corrected chi connectivity index (χ4v) is 4.35. The van der Waals surface area contributed by atoms with E-state index in [0.717, 1.165) is 5.56 Å². The highest BCUT2D eigenvalue weighted by Gasteiger charge is 2.33. The molecular weight excluding hydrogens is 412 g/mol. The number of nitrogens with two attached hydrogens (primary N) is 1. The van der Waals surface area contributed by atoms with Gasteiger partial charge in [-0.2, -0.15) is 0 Å². The maximum atomic E-state index is 12.1. The molecule has 4 amide bonds. The predicted molar refractivity (Wildman–Crippen MR) is 105 cm³/mol. The molecule has 0 radical (unpaired) electrons. The van der Waals surface area contributed by atoms with Gasteiger partial charge in [-0.15, -0.1) is 22.7 Å². The fourth-order valence-electron chi connectivity index (χ4n) is 2.48. The molecule has 144 valence electrons. The second-order valence-electron chi connectivity index (χ2n) is 5.92. The molecule has 1 aliphatic rings. The molecule has 8 nitrogen and oxygen atoms in total. The highest BCUT2D eigenvalue weighted by atomic mass is 35.5. The van der Waals surface area contributed by atoms with E-state index in [4.69, 9.17) is 22.1 Å². The van der Waals surface area contributed by atoms with Crippen LogP contribution in [0.25, 0.3) is 0 Å².